The summed E-state index contributed by atoms with van der Waals surface area (Å²) in [6, 6.07) is 0.408. The first kappa shape index (κ1) is 15.3. The molecule has 1 spiro atoms. The van der Waals surface area contributed by atoms with Crippen molar-refractivity contribution in [2.75, 3.05) is 13.1 Å². The Labute approximate surface area is 129 Å². The van der Waals surface area contributed by atoms with Gasteiger partial charge in [-0.3, -0.25) is 4.79 Å². The van der Waals surface area contributed by atoms with Crippen LogP contribution in [0.1, 0.15) is 65.7 Å². The highest BCUT2D eigenvalue weighted by Gasteiger charge is 2.58. The summed E-state index contributed by atoms with van der Waals surface area (Å²) in [5.74, 6) is 1.30. The number of rotatable bonds is 2. The molecule has 3 aliphatic rings. The lowest BCUT2D eigenvalue weighted by atomic mass is 9.69. The van der Waals surface area contributed by atoms with Gasteiger partial charge >= 0.3 is 0 Å². The lowest BCUT2D eigenvalue weighted by molar-refractivity contribution is -0.125. The van der Waals surface area contributed by atoms with Crippen LogP contribution in [-0.4, -0.2) is 25.0 Å². The Morgan fingerprint density at radius 2 is 1.81 bits per heavy atom. The Morgan fingerprint density at radius 1 is 1.14 bits per heavy atom. The normalized spacial score (nSPS) is 35.5. The fourth-order valence-corrected chi connectivity index (χ4v) is 4.82. The molecule has 1 amide bonds. The van der Waals surface area contributed by atoms with Gasteiger partial charge in [-0.1, -0.05) is 33.6 Å². The number of nitrogens with one attached hydrogen (secondary N) is 2. The Morgan fingerprint density at radius 3 is 2.48 bits per heavy atom. The lowest BCUT2D eigenvalue weighted by Crippen LogP contribution is -2.47. The number of carbonyl (C=O) groups excluding carboxylic acids is 1. The zero-order chi connectivity index (χ0) is 15.1. The highest BCUT2D eigenvalue weighted by molar-refractivity contribution is 5.83. The number of hydrogen-bond donors (Lipinski definition) is 2. The van der Waals surface area contributed by atoms with E-state index in [9.17, 15) is 4.79 Å². The zero-order valence-corrected chi connectivity index (χ0v) is 14.0. The SMILES string of the molecule is CC(C)(C)C1CCCCC1NC(=O)C1CC12CCNCC2. The number of piperidine rings is 1. The first-order valence-corrected chi connectivity index (χ1v) is 8.93. The average molecular weight is 292 g/mol. The van der Waals surface area contributed by atoms with Gasteiger partial charge in [-0.2, -0.15) is 0 Å². The molecule has 0 aromatic carbocycles. The maximum Gasteiger partial charge on any atom is 0.223 e. The van der Waals surface area contributed by atoms with Gasteiger partial charge < -0.3 is 10.6 Å². The predicted octanol–water partition coefficient (Wildman–Crippen LogP) is 3.10. The minimum Gasteiger partial charge on any atom is -0.353 e. The van der Waals surface area contributed by atoms with Gasteiger partial charge in [0.25, 0.3) is 0 Å². The second-order valence-electron chi connectivity index (χ2n) is 8.74. The van der Waals surface area contributed by atoms with Crippen LogP contribution < -0.4 is 10.6 Å². The Kier molecular flexibility index (Phi) is 4.06. The maximum absolute atomic E-state index is 12.7. The molecular weight excluding hydrogens is 260 g/mol. The summed E-state index contributed by atoms with van der Waals surface area (Å²) in [7, 11) is 0. The summed E-state index contributed by atoms with van der Waals surface area (Å²) >= 11 is 0. The van der Waals surface area contributed by atoms with Crippen LogP contribution in [0.3, 0.4) is 0 Å². The van der Waals surface area contributed by atoms with Crippen LogP contribution in [0.5, 0.6) is 0 Å². The van der Waals surface area contributed by atoms with E-state index in [1.807, 2.05) is 0 Å². The molecule has 0 aromatic heterocycles. The molecule has 120 valence electrons. The first-order chi connectivity index (χ1) is 9.92. The van der Waals surface area contributed by atoms with Gasteiger partial charge in [-0.25, -0.2) is 0 Å². The number of amides is 1. The van der Waals surface area contributed by atoms with E-state index >= 15 is 0 Å². The molecule has 0 radical (unpaired) electrons. The molecule has 3 nitrogen and oxygen atoms in total. The van der Waals surface area contributed by atoms with Crippen LogP contribution in [0.4, 0.5) is 0 Å². The van der Waals surface area contributed by atoms with E-state index < -0.39 is 0 Å². The van der Waals surface area contributed by atoms with Crippen molar-refractivity contribution >= 4 is 5.91 Å². The van der Waals surface area contributed by atoms with E-state index in [1.54, 1.807) is 0 Å². The van der Waals surface area contributed by atoms with Crippen LogP contribution in [0.2, 0.25) is 0 Å². The predicted molar refractivity (Wildman–Crippen MR) is 86.0 cm³/mol. The summed E-state index contributed by atoms with van der Waals surface area (Å²) in [5.41, 5.74) is 0.662. The molecule has 0 bridgehead atoms. The largest absolute Gasteiger partial charge is 0.353 e. The summed E-state index contributed by atoms with van der Waals surface area (Å²) in [6.45, 7) is 9.17. The molecule has 3 fully saturated rings. The number of carbonyl (C=O) groups is 1. The molecule has 2 N–H and O–H groups in total. The van der Waals surface area contributed by atoms with E-state index in [-0.39, 0.29) is 0 Å². The van der Waals surface area contributed by atoms with Crippen LogP contribution in [-0.2, 0) is 4.79 Å². The standard InChI is InChI=1S/C18H32N2O/c1-17(2,3)13-6-4-5-7-15(13)20-16(21)14-12-18(14)8-10-19-11-9-18/h13-15,19H,4-12H2,1-3H3,(H,20,21). The average Bonchev–Trinajstić information content (AvgIpc) is 3.12. The van der Waals surface area contributed by atoms with Gasteiger partial charge in [-0.05, 0) is 61.9 Å². The Hall–Kier alpha value is -0.570. The highest BCUT2D eigenvalue weighted by atomic mass is 16.2. The summed E-state index contributed by atoms with van der Waals surface area (Å²) < 4.78 is 0. The van der Waals surface area contributed by atoms with E-state index in [1.165, 1.54) is 38.5 Å². The van der Waals surface area contributed by atoms with Crippen molar-refractivity contribution in [2.24, 2.45) is 22.7 Å². The quantitative estimate of drug-likeness (QED) is 0.821. The van der Waals surface area contributed by atoms with Gasteiger partial charge in [0.05, 0.1) is 0 Å². The van der Waals surface area contributed by atoms with Crippen molar-refractivity contribution in [3.05, 3.63) is 0 Å². The molecule has 1 saturated heterocycles. The van der Waals surface area contributed by atoms with E-state index in [4.69, 9.17) is 0 Å². The van der Waals surface area contributed by atoms with Crippen molar-refractivity contribution < 1.29 is 4.79 Å². The summed E-state index contributed by atoms with van der Waals surface area (Å²) in [4.78, 5) is 12.7. The Balaban J connectivity index is 1.59. The van der Waals surface area contributed by atoms with Gasteiger partial charge in [0.2, 0.25) is 5.91 Å². The third kappa shape index (κ3) is 3.13. The molecule has 3 rings (SSSR count). The lowest BCUT2D eigenvalue weighted by Gasteiger charge is -2.41. The molecule has 1 aliphatic heterocycles. The molecule has 2 aliphatic carbocycles. The van der Waals surface area contributed by atoms with Gasteiger partial charge in [0.15, 0.2) is 0 Å². The molecule has 1 heterocycles. The summed E-state index contributed by atoms with van der Waals surface area (Å²) in [5, 5.41) is 6.87. The van der Waals surface area contributed by atoms with Crippen LogP contribution in [0.25, 0.3) is 0 Å². The fraction of sp³-hybridized carbons (Fsp3) is 0.944. The smallest absolute Gasteiger partial charge is 0.223 e. The van der Waals surface area contributed by atoms with E-state index in [0.29, 0.717) is 34.6 Å². The van der Waals surface area contributed by atoms with Crippen molar-refractivity contribution in [3.8, 4) is 0 Å². The number of hydrogen-bond acceptors (Lipinski definition) is 2. The second kappa shape index (κ2) is 5.57. The van der Waals surface area contributed by atoms with Crippen molar-refractivity contribution in [2.45, 2.75) is 71.8 Å². The van der Waals surface area contributed by atoms with E-state index in [2.05, 4.69) is 31.4 Å². The van der Waals surface area contributed by atoms with Crippen molar-refractivity contribution in [3.63, 3.8) is 0 Å². The van der Waals surface area contributed by atoms with Crippen molar-refractivity contribution in [1.29, 1.82) is 0 Å². The minimum atomic E-state index is 0.300. The molecule has 21 heavy (non-hydrogen) atoms. The van der Waals surface area contributed by atoms with Crippen molar-refractivity contribution in [1.82, 2.24) is 10.6 Å². The third-order valence-corrected chi connectivity index (χ3v) is 6.31. The molecule has 3 unspecified atom stereocenters. The molecular formula is C18H32N2O. The van der Waals surface area contributed by atoms with Crippen LogP contribution in [0, 0.1) is 22.7 Å². The van der Waals surface area contributed by atoms with Gasteiger partial charge in [-0.15, -0.1) is 0 Å². The second-order valence-corrected chi connectivity index (χ2v) is 8.74. The molecule has 2 saturated carbocycles. The molecule has 3 atom stereocenters. The first-order valence-electron chi connectivity index (χ1n) is 8.93. The van der Waals surface area contributed by atoms with Gasteiger partial charge in [0.1, 0.15) is 0 Å². The molecule has 0 aromatic rings. The maximum atomic E-state index is 12.7. The topological polar surface area (TPSA) is 41.1 Å². The minimum absolute atomic E-state index is 0.300. The Bertz CT molecular complexity index is 393. The zero-order valence-electron chi connectivity index (χ0n) is 14.0. The highest BCUT2D eigenvalue weighted by Crippen LogP contribution is 2.58. The summed E-state index contributed by atoms with van der Waals surface area (Å²) in [6.07, 6.45) is 8.57. The van der Waals surface area contributed by atoms with Crippen LogP contribution in [0.15, 0.2) is 0 Å². The monoisotopic (exact) mass is 292 g/mol. The fourth-order valence-electron chi connectivity index (χ4n) is 4.82. The van der Waals surface area contributed by atoms with Gasteiger partial charge in [0, 0.05) is 12.0 Å². The van der Waals surface area contributed by atoms with Crippen LogP contribution >= 0.6 is 0 Å². The third-order valence-electron chi connectivity index (χ3n) is 6.31. The molecule has 3 heteroatoms. The van der Waals surface area contributed by atoms with E-state index in [0.717, 1.165) is 19.5 Å².